The highest BCUT2D eigenvalue weighted by molar-refractivity contribution is 7.93. The number of ether oxygens (including phenoxy) is 2. The number of amides is 1. The molecule has 1 amide bonds. The van der Waals surface area contributed by atoms with Gasteiger partial charge >= 0.3 is 5.97 Å². The summed E-state index contributed by atoms with van der Waals surface area (Å²) in [6.45, 7) is 0.0178. The predicted octanol–water partition coefficient (Wildman–Crippen LogP) is 7.94. The van der Waals surface area contributed by atoms with Crippen LogP contribution in [-0.4, -0.2) is 32.4 Å². The molecule has 0 saturated carbocycles. The molecule has 0 spiro atoms. The van der Waals surface area contributed by atoms with E-state index in [1.165, 1.54) is 43.5 Å². The standard InChI is InChI=1S/C39H28N2O6S/c1-46-31-20-18-30(19-21-31)41(48(44,45)32-15-9-14-29(22-32)39(43)47-25-26-10-3-2-4-11-26)38(42)37-33-16-7-8-17-35(33)40-36-24-28-13-6-5-12-27(28)23-34(36)37/h2-24H,25H2,1H3. The highest BCUT2D eigenvalue weighted by Crippen LogP contribution is 2.34. The summed E-state index contributed by atoms with van der Waals surface area (Å²) in [7, 11) is -3.11. The van der Waals surface area contributed by atoms with Gasteiger partial charge in [0.25, 0.3) is 15.9 Å². The number of methoxy groups -OCH3 is 1. The lowest BCUT2D eigenvalue weighted by atomic mass is 9.98. The van der Waals surface area contributed by atoms with Crippen molar-refractivity contribution in [2.45, 2.75) is 11.5 Å². The van der Waals surface area contributed by atoms with Gasteiger partial charge in [-0.3, -0.25) is 4.79 Å². The Labute approximate surface area is 276 Å². The molecule has 236 valence electrons. The number of esters is 1. The molecular formula is C39H28N2O6S. The van der Waals surface area contributed by atoms with E-state index in [1.807, 2.05) is 72.8 Å². The van der Waals surface area contributed by atoms with Crippen LogP contribution in [0.1, 0.15) is 26.3 Å². The second-order valence-corrected chi connectivity index (χ2v) is 12.9. The average molecular weight is 653 g/mol. The molecule has 9 heteroatoms. The van der Waals surface area contributed by atoms with Gasteiger partial charge in [-0.15, -0.1) is 0 Å². The Bertz CT molecular complexity index is 2440. The summed E-state index contributed by atoms with van der Waals surface area (Å²) >= 11 is 0. The van der Waals surface area contributed by atoms with Gasteiger partial charge < -0.3 is 9.47 Å². The topological polar surface area (TPSA) is 103 Å². The summed E-state index contributed by atoms with van der Waals surface area (Å²) in [6, 6.07) is 39.4. The van der Waals surface area contributed by atoms with Crippen LogP contribution in [0.4, 0.5) is 5.69 Å². The Balaban J connectivity index is 1.38. The van der Waals surface area contributed by atoms with E-state index in [-0.39, 0.29) is 28.3 Å². The van der Waals surface area contributed by atoms with E-state index in [4.69, 9.17) is 14.5 Å². The van der Waals surface area contributed by atoms with Crippen LogP contribution in [0.2, 0.25) is 0 Å². The van der Waals surface area contributed by atoms with E-state index in [9.17, 15) is 18.0 Å². The first kappa shape index (κ1) is 30.6. The number of carbonyl (C=O) groups excluding carboxylic acids is 2. The average Bonchev–Trinajstić information content (AvgIpc) is 3.12. The molecule has 0 atom stereocenters. The van der Waals surface area contributed by atoms with E-state index in [2.05, 4.69) is 0 Å². The fourth-order valence-electron chi connectivity index (χ4n) is 5.69. The summed E-state index contributed by atoms with van der Waals surface area (Å²) in [6.07, 6.45) is 0. The van der Waals surface area contributed by atoms with E-state index in [0.717, 1.165) is 20.6 Å². The zero-order valence-electron chi connectivity index (χ0n) is 25.7. The number of hydrogen-bond donors (Lipinski definition) is 0. The predicted molar refractivity (Wildman–Crippen MR) is 186 cm³/mol. The lowest BCUT2D eigenvalue weighted by molar-refractivity contribution is 0.0472. The largest absolute Gasteiger partial charge is 0.497 e. The molecule has 0 aliphatic heterocycles. The molecule has 0 bridgehead atoms. The van der Waals surface area contributed by atoms with Gasteiger partial charge in [0.2, 0.25) is 0 Å². The molecule has 7 aromatic rings. The highest BCUT2D eigenvalue weighted by Gasteiger charge is 2.34. The second-order valence-electron chi connectivity index (χ2n) is 11.1. The third-order valence-electron chi connectivity index (χ3n) is 8.07. The van der Waals surface area contributed by atoms with Crippen molar-refractivity contribution in [2.24, 2.45) is 0 Å². The third-order valence-corrected chi connectivity index (χ3v) is 9.78. The van der Waals surface area contributed by atoms with Gasteiger partial charge in [0.1, 0.15) is 12.4 Å². The summed E-state index contributed by atoms with van der Waals surface area (Å²) < 4.78 is 40.8. The Kier molecular flexibility index (Phi) is 8.04. The minimum atomic E-state index is -4.61. The molecule has 0 unspecified atom stereocenters. The van der Waals surface area contributed by atoms with Gasteiger partial charge in [0.05, 0.1) is 39.9 Å². The molecule has 8 nitrogen and oxygen atoms in total. The molecule has 1 aromatic heterocycles. The normalized spacial score (nSPS) is 11.4. The van der Waals surface area contributed by atoms with Crippen LogP contribution >= 0.6 is 0 Å². The number of para-hydroxylation sites is 1. The molecule has 0 aliphatic carbocycles. The minimum absolute atomic E-state index is 0.0178. The van der Waals surface area contributed by atoms with Crippen molar-refractivity contribution >= 4 is 60.2 Å². The number of carbonyl (C=O) groups is 2. The van der Waals surface area contributed by atoms with Crippen LogP contribution in [0, 0.1) is 0 Å². The van der Waals surface area contributed by atoms with E-state index < -0.39 is 21.9 Å². The molecule has 0 fully saturated rings. The van der Waals surface area contributed by atoms with Crippen LogP contribution in [-0.2, 0) is 21.4 Å². The fraction of sp³-hybridized carbons (Fsp3) is 0.0513. The number of aromatic nitrogens is 1. The van der Waals surface area contributed by atoms with E-state index >= 15 is 0 Å². The number of rotatable bonds is 8. The summed E-state index contributed by atoms with van der Waals surface area (Å²) in [5.41, 5.74) is 2.17. The summed E-state index contributed by atoms with van der Waals surface area (Å²) in [5.74, 6) is -0.995. The summed E-state index contributed by atoms with van der Waals surface area (Å²) in [4.78, 5) is 32.6. The van der Waals surface area contributed by atoms with Crippen molar-refractivity contribution in [3.8, 4) is 5.75 Å². The van der Waals surface area contributed by atoms with Crippen LogP contribution in [0.15, 0.2) is 144 Å². The molecule has 0 N–H and O–H groups in total. The highest BCUT2D eigenvalue weighted by atomic mass is 32.2. The van der Waals surface area contributed by atoms with Gasteiger partial charge in [0.15, 0.2) is 0 Å². The van der Waals surface area contributed by atoms with Crippen LogP contribution in [0.3, 0.4) is 0 Å². The molecule has 7 rings (SSSR count). The molecule has 6 aromatic carbocycles. The van der Waals surface area contributed by atoms with Gasteiger partial charge in [-0.25, -0.2) is 18.2 Å². The summed E-state index contributed by atoms with van der Waals surface area (Å²) in [5, 5.41) is 2.81. The van der Waals surface area contributed by atoms with Gasteiger partial charge in [-0.1, -0.05) is 78.9 Å². The Morgan fingerprint density at radius 1 is 0.688 bits per heavy atom. The van der Waals surface area contributed by atoms with Crippen LogP contribution in [0.5, 0.6) is 5.75 Å². The number of sulfonamides is 1. The van der Waals surface area contributed by atoms with Crippen LogP contribution in [0.25, 0.3) is 32.6 Å². The van der Waals surface area contributed by atoms with Crippen molar-refractivity contribution < 1.29 is 27.5 Å². The maximum absolute atomic E-state index is 15.0. The van der Waals surface area contributed by atoms with Crippen molar-refractivity contribution in [3.05, 3.63) is 156 Å². The molecule has 0 radical (unpaired) electrons. The van der Waals surface area contributed by atoms with E-state index in [1.54, 1.807) is 30.3 Å². The van der Waals surface area contributed by atoms with Crippen LogP contribution < -0.4 is 9.04 Å². The minimum Gasteiger partial charge on any atom is -0.497 e. The molecule has 48 heavy (non-hydrogen) atoms. The quantitative estimate of drug-likeness (QED) is 0.121. The van der Waals surface area contributed by atoms with Crippen molar-refractivity contribution in [1.82, 2.24) is 4.98 Å². The van der Waals surface area contributed by atoms with Crippen molar-refractivity contribution in [3.63, 3.8) is 0 Å². The van der Waals surface area contributed by atoms with Gasteiger partial charge in [0, 0.05) is 10.8 Å². The molecular weight excluding hydrogens is 625 g/mol. The number of fused-ring (bicyclic) bond motifs is 3. The maximum atomic E-state index is 15.0. The van der Waals surface area contributed by atoms with Crippen molar-refractivity contribution in [1.29, 1.82) is 0 Å². The second kappa shape index (κ2) is 12.6. The first-order valence-electron chi connectivity index (χ1n) is 15.1. The Morgan fingerprint density at radius 3 is 2.12 bits per heavy atom. The van der Waals surface area contributed by atoms with Gasteiger partial charge in [-0.05, 0) is 77.0 Å². The third kappa shape index (κ3) is 5.72. The number of benzene rings is 6. The number of hydrogen-bond acceptors (Lipinski definition) is 7. The first-order valence-corrected chi connectivity index (χ1v) is 16.5. The lowest BCUT2D eigenvalue weighted by Gasteiger charge is -2.24. The lowest BCUT2D eigenvalue weighted by Crippen LogP contribution is -2.37. The molecule has 1 heterocycles. The molecule has 0 aliphatic rings. The SMILES string of the molecule is COc1ccc(N(C(=O)c2c3ccccc3nc3cc4ccccc4cc23)S(=O)(=O)c2cccc(C(=O)OCc3ccccc3)c2)cc1. The Hall–Kier alpha value is -6.06. The number of anilines is 1. The maximum Gasteiger partial charge on any atom is 0.338 e. The smallest absolute Gasteiger partial charge is 0.338 e. The Morgan fingerprint density at radius 2 is 1.38 bits per heavy atom. The number of pyridine rings is 1. The fourth-order valence-corrected chi connectivity index (χ4v) is 7.13. The number of nitrogens with zero attached hydrogens (tertiary/aromatic N) is 2. The first-order chi connectivity index (χ1) is 23.3. The van der Waals surface area contributed by atoms with E-state index in [0.29, 0.717) is 27.6 Å². The zero-order valence-corrected chi connectivity index (χ0v) is 26.6. The monoisotopic (exact) mass is 652 g/mol. The molecule has 0 saturated heterocycles. The van der Waals surface area contributed by atoms with Gasteiger partial charge in [-0.2, -0.15) is 4.31 Å². The zero-order chi connectivity index (χ0) is 33.3. The van der Waals surface area contributed by atoms with Crippen molar-refractivity contribution in [2.75, 3.05) is 11.4 Å².